The maximum absolute atomic E-state index is 12.6. The number of hydrogen-bond donors (Lipinski definition) is 2. The van der Waals surface area contributed by atoms with E-state index >= 15 is 0 Å². The highest BCUT2D eigenvalue weighted by atomic mass is 16.2. The molecule has 0 radical (unpaired) electrons. The van der Waals surface area contributed by atoms with Crippen LogP contribution in [0, 0.1) is 13.8 Å². The number of aromatic amines is 1. The van der Waals surface area contributed by atoms with Gasteiger partial charge in [-0.25, -0.2) is 0 Å². The average Bonchev–Trinajstić information content (AvgIpc) is 3.15. The molecule has 2 N–H and O–H groups in total. The lowest BCUT2D eigenvalue weighted by Crippen LogP contribution is -2.30. The Hall–Kier alpha value is -2.89. The van der Waals surface area contributed by atoms with E-state index in [2.05, 4.69) is 15.5 Å². The molecule has 0 bridgehead atoms. The van der Waals surface area contributed by atoms with Crippen LogP contribution in [0.15, 0.2) is 30.5 Å². The van der Waals surface area contributed by atoms with E-state index in [1.54, 1.807) is 6.20 Å². The number of rotatable bonds is 7. The molecule has 27 heavy (non-hydrogen) atoms. The van der Waals surface area contributed by atoms with E-state index in [9.17, 15) is 9.59 Å². The van der Waals surface area contributed by atoms with Crippen LogP contribution in [0.3, 0.4) is 0 Å². The zero-order chi connectivity index (χ0) is 19.6. The largest absolute Gasteiger partial charge is 0.348 e. The highest BCUT2D eigenvalue weighted by Crippen LogP contribution is 2.23. The van der Waals surface area contributed by atoms with Crippen LogP contribution in [-0.4, -0.2) is 26.5 Å². The van der Waals surface area contributed by atoms with Gasteiger partial charge in [-0.2, -0.15) is 5.10 Å². The molecule has 1 aromatic carbocycles. The molecule has 0 saturated carbocycles. The number of amides is 1. The van der Waals surface area contributed by atoms with Crippen LogP contribution in [0.1, 0.15) is 60.0 Å². The summed E-state index contributed by atoms with van der Waals surface area (Å²) in [6.07, 6.45) is 3.12. The number of hydrogen-bond acceptors (Lipinski definition) is 3. The Kier molecular flexibility index (Phi) is 5.44. The van der Waals surface area contributed by atoms with Gasteiger partial charge in [0.25, 0.3) is 0 Å². The molecular formula is C21H26N4O2. The second kappa shape index (κ2) is 7.78. The number of nitrogens with one attached hydrogen (secondary N) is 2. The van der Waals surface area contributed by atoms with Crippen LogP contribution in [0.25, 0.3) is 10.9 Å². The summed E-state index contributed by atoms with van der Waals surface area (Å²) in [7, 11) is 0. The molecule has 0 fully saturated rings. The second-order valence-electron chi connectivity index (χ2n) is 7.00. The first kappa shape index (κ1) is 18.9. The highest BCUT2D eigenvalue weighted by Gasteiger charge is 2.19. The summed E-state index contributed by atoms with van der Waals surface area (Å²) >= 11 is 0. The summed E-state index contributed by atoms with van der Waals surface area (Å²) in [5.74, 6) is 0.0172. The minimum atomic E-state index is -0.140. The quantitative estimate of drug-likeness (QED) is 0.624. The van der Waals surface area contributed by atoms with E-state index in [1.807, 2.05) is 56.5 Å². The van der Waals surface area contributed by atoms with E-state index in [-0.39, 0.29) is 24.3 Å². The standard InChI is InChI=1S/C21H26N4O2/c1-5-8-19(26)17-11-25(18-10-7-6-9-16(17)18)12-20(27)22-13(2)21-14(3)23-24-15(21)4/h6-7,9-11,13H,5,8,12H2,1-4H3,(H,22,27)(H,23,24). The van der Waals surface area contributed by atoms with E-state index in [0.29, 0.717) is 12.0 Å². The summed E-state index contributed by atoms with van der Waals surface area (Å²) in [5, 5.41) is 11.1. The number of Topliss-reactive ketones (excluding diaryl/α,β-unsaturated/α-hetero) is 1. The van der Waals surface area contributed by atoms with Crippen LogP contribution in [-0.2, 0) is 11.3 Å². The average molecular weight is 366 g/mol. The third-order valence-electron chi connectivity index (χ3n) is 4.88. The normalized spacial score (nSPS) is 12.3. The van der Waals surface area contributed by atoms with E-state index in [0.717, 1.165) is 34.3 Å². The molecule has 6 heteroatoms. The summed E-state index contributed by atoms with van der Waals surface area (Å²) in [6.45, 7) is 7.98. The molecular weight excluding hydrogens is 340 g/mol. The fourth-order valence-electron chi connectivity index (χ4n) is 3.67. The van der Waals surface area contributed by atoms with Gasteiger partial charge in [0, 0.05) is 40.3 Å². The van der Waals surface area contributed by atoms with Crippen molar-refractivity contribution in [2.45, 2.75) is 53.1 Å². The summed E-state index contributed by atoms with van der Waals surface area (Å²) < 4.78 is 1.86. The Bertz CT molecular complexity index is 964. The molecule has 2 heterocycles. The van der Waals surface area contributed by atoms with Gasteiger partial charge in [-0.05, 0) is 33.3 Å². The van der Waals surface area contributed by atoms with Crippen molar-refractivity contribution >= 4 is 22.6 Å². The molecule has 0 saturated heterocycles. The molecule has 0 spiro atoms. The van der Waals surface area contributed by atoms with Gasteiger partial charge in [-0.3, -0.25) is 14.7 Å². The predicted octanol–water partition coefficient (Wildman–Crippen LogP) is 3.84. The number of H-pyrrole nitrogens is 1. The summed E-state index contributed by atoms with van der Waals surface area (Å²) in [6, 6.07) is 7.58. The van der Waals surface area contributed by atoms with E-state index in [4.69, 9.17) is 0 Å². The number of carbonyl (C=O) groups is 2. The minimum Gasteiger partial charge on any atom is -0.348 e. The molecule has 3 aromatic rings. The number of fused-ring (bicyclic) bond motifs is 1. The lowest BCUT2D eigenvalue weighted by Gasteiger charge is -2.15. The lowest BCUT2D eigenvalue weighted by atomic mass is 10.1. The van der Waals surface area contributed by atoms with Gasteiger partial charge in [0.05, 0.1) is 11.7 Å². The molecule has 0 aliphatic heterocycles. The minimum absolute atomic E-state index is 0.0993. The zero-order valence-corrected chi connectivity index (χ0v) is 16.3. The summed E-state index contributed by atoms with van der Waals surface area (Å²) in [4.78, 5) is 25.1. The van der Waals surface area contributed by atoms with Crippen molar-refractivity contribution in [2.24, 2.45) is 0 Å². The number of benzene rings is 1. The van der Waals surface area contributed by atoms with Gasteiger partial charge in [0.2, 0.25) is 5.91 Å². The van der Waals surface area contributed by atoms with Crippen LogP contribution in [0.2, 0.25) is 0 Å². The van der Waals surface area contributed by atoms with Crippen LogP contribution in [0.5, 0.6) is 0 Å². The molecule has 142 valence electrons. The van der Waals surface area contributed by atoms with Gasteiger partial charge in [-0.1, -0.05) is 25.1 Å². The third-order valence-corrected chi connectivity index (χ3v) is 4.88. The predicted molar refractivity (Wildman–Crippen MR) is 106 cm³/mol. The summed E-state index contributed by atoms with van der Waals surface area (Å²) in [5.41, 5.74) is 4.45. The first-order chi connectivity index (χ1) is 12.9. The number of ketones is 1. The zero-order valence-electron chi connectivity index (χ0n) is 16.3. The second-order valence-corrected chi connectivity index (χ2v) is 7.00. The molecule has 3 rings (SSSR count). The third kappa shape index (κ3) is 3.79. The molecule has 1 amide bonds. The Morgan fingerprint density at radius 3 is 2.67 bits per heavy atom. The van der Waals surface area contributed by atoms with Crippen molar-refractivity contribution < 1.29 is 9.59 Å². The van der Waals surface area contributed by atoms with Crippen molar-refractivity contribution in [3.63, 3.8) is 0 Å². The molecule has 0 aliphatic carbocycles. The van der Waals surface area contributed by atoms with E-state index < -0.39 is 0 Å². The molecule has 0 aliphatic rings. The van der Waals surface area contributed by atoms with Gasteiger partial charge in [0.15, 0.2) is 5.78 Å². The van der Waals surface area contributed by atoms with Gasteiger partial charge >= 0.3 is 0 Å². The lowest BCUT2D eigenvalue weighted by molar-refractivity contribution is -0.122. The molecule has 2 aromatic heterocycles. The Morgan fingerprint density at radius 2 is 2.00 bits per heavy atom. The number of aromatic nitrogens is 3. The Labute approximate surface area is 159 Å². The van der Waals surface area contributed by atoms with Crippen molar-refractivity contribution in [1.29, 1.82) is 0 Å². The Balaban J connectivity index is 1.82. The van der Waals surface area contributed by atoms with Crippen LogP contribution < -0.4 is 5.32 Å². The van der Waals surface area contributed by atoms with Crippen molar-refractivity contribution in [2.75, 3.05) is 0 Å². The van der Waals surface area contributed by atoms with Gasteiger partial charge < -0.3 is 9.88 Å². The van der Waals surface area contributed by atoms with Crippen molar-refractivity contribution in [1.82, 2.24) is 20.1 Å². The molecule has 6 nitrogen and oxygen atoms in total. The maximum Gasteiger partial charge on any atom is 0.240 e. The number of carbonyl (C=O) groups excluding carboxylic acids is 2. The smallest absolute Gasteiger partial charge is 0.240 e. The Morgan fingerprint density at radius 1 is 1.26 bits per heavy atom. The van der Waals surface area contributed by atoms with Crippen LogP contribution in [0.4, 0.5) is 0 Å². The topological polar surface area (TPSA) is 79.8 Å². The fraction of sp³-hybridized carbons (Fsp3) is 0.381. The molecule has 1 unspecified atom stereocenters. The number of aryl methyl sites for hydroxylation is 2. The van der Waals surface area contributed by atoms with E-state index in [1.165, 1.54) is 0 Å². The number of para-hydroxylation sites is 1. The SMILES string of the molecule is CCCC(=O)c1cn(CC(=O)NC(C)c2c(C)n[nH]c2C)c2ccccc12. The van der Waals surface area contributed by atoms with Gasteiger partial charge in [0.1, 0.15) is 6.54 Å². The van der Waals surface area contributed by atoms with Crippen molar-refractivity contribution in [3.05, 3.63) is 53.0 Å². The maximum atomic E-state index is 12.6. The fourth-order valence-corrected chi connectivity index (χ4v) is 3.67. The first-order valence-corrected chi connectivity index (χ1v) is 9.34. The monoisotopic (exact) mass is 366 g/mol. The first-order valence-electron chi connectivity index (χ1n) is 9.34. The van der Waals surface area contributed by atoms with Crippen LogP contribution >= 0.6 is 0 Å². The molecule has 1 atom stereocenters. The highest BCUT2D eigenvalue weighted by molar-refractivity contribution is 6.08. The van der Waals surface area contributed by atoms with Gasteiger partial charge in [-0.15, -0.1) is 0 Å². The van der Waals surface area contributed by atoms with Crippen molar-refractivity contribution in [3.8, 4) is 0 Å². The number of nitrogens with zero attached hydrogens (tertiary/aromatic N) is 2.